The second-order valence-corrected chi connectivity index (χ2v) is 9.89. The summed E-state index contributed by atoms with van der Waals surface area (Å²) in [6.07, 6.45) is 10.6. The average molecular weight is 374 g/mol. The molecule has 0 aromatic heterocycles. The number of methoxy groups -OCH3 is 1. The fourth-order valence-corrected chi connectivity index (χ4v) is 4.94. The Balaban J connectivity index is 2.35. The van der Waals surface area contributed by atoms with Crippen molar-refractivity contribution < 1.29 is 9.31 Å². The molecule has 2 aliphatic rings. The van der Waals surface area contributed by atoms with Crippen LogP contribution in [0.15, 0.2) is 36.5 Å². The highest BCUT2D eigenvalue weighted by molar-refractivity contribution is 5.49. The highest BCUT2D eigenvalue weighted by atomic mass is 16.5. The molecule has 2 fully saturated rings. The van der Waals surface area contributed by atoms with Crippen LogP contribution < -0.4 is 5.32 Å². The molecule has 2 rings (SSSR count). The van der Waals surface area contributed by atoms with E-state index < -0.39 is 5.72 Å². The molecule has 0 saturated heterocycles. The van der Waals surface area contributed by atoms with E-state index in [2.05, 4.69) is 72.0 Å². The van der Waals surface area contributed by atoms with Crippen LogP contribution in [0.4, 0.5) is 0 Å². The van der Waals surface area contributed by atoms with E-state index in [1.54, 1.807) is 0 Å². The zero-order chi connectivity index (χ0) is 20.7. The van der Waals surface area contributed by atoms with E-state index in [4.69, 9.17) is 4.74 Å². The number of hydrogen-bond donors (Lipinski definition) is 1. The van der Waals surface area contributed by atoms with Crippen LogP contribution in [0.5, 0.6) is 0 Å². The molecule has 0 spiro atoms. The SMILES string of the molecule is C=C(/C=C\C(=C)C1(C)C(NC2CCCCC2)(OC)C1(C)[N+](=C)C)C(C)(C)C. The van der Waals surface area contributed by atoms with Gasteiger partial charge in [0, 0.05) is 20.1 Å². The molecule has 3 atom stereocenters. The summed E-state index contributed by atoms with van der Waals surface area (Å²) in [5.74, 6) is 0. The lowest BCUT2D eigenvalue weighted by molar-refractivity contribution is -0.557. The maximum absolute atomic E-state index is 6.23. The minimum atomic E-state index is -0.497. The summed E-state index contributed by atoms with van der Waals surface area (Å²) < 4.78 is 8.27. The number of likely N-dealkylation sites (N-methyl/N-ethyl adjacent to an activating group) is 1. The third kappa shape index (κ3) is 3.27. The standard InChI is InChI=1S/C24H41N2O/c1-18(21(3,4)5)16-17-19(2)22(6)23(7,26(8)9)24(22,27-10)25-20-14-12-11-13-15-20/h16-17,20,25H,1-2,8,11-15H2,3-7,9-10H3/q+1/b17-16-. The first kappa shape index (κ1) is 22.1. The molecule has 0 aromatic carbocycles. The maximum atomic E-state index is 6.23. The Hall–Kier alpha value is -1.19. The molecule has 3 heteroatoms. The average Bonchev–Trinajstić information content (AvgIpc) is 3.05. The van der Waals surface area contributed by atoms with E-state index in [0.717, 1.165) is 11.1 Å². The zero-order valence-electron chi connectivity index (χ0n) is 18.7. The highest BCUT2D eigenvalue weighted by Crippen LogP contribution is 2.70. The minimum absolute atomic E-state index is 0.0480. The molecule has 0 bridgehead atoms. The smallest absolute Gasteiger partial charge is 0.215 e. The third-order valence-electron chi connectivity index (χ3n) is 7.47. The van der Waals surface area contributed by atoms with Gasteiger partial charge in [-0.25, -0.2) is 4.58 Å². The van der Waals surface area contributed by atoms with E-state index >= 15 is 0 Å². The lowest BCUT2D eigenvalue weighted by Crippen LogP contribution is -2.50. The molecule has 2 aliphatic carbocycles. The highest BCUT2D eigenvalue weighted by Gasteiger charge is 2.91. The molecule has 2 saturated carbocycles. The van der Waals surface area contributed by atoms with E-state index in [1.165, 1.54) is 32.1 Å². The number of hydrogen-bond acceptors (Lipinski definition) is 2. The fourth-order valence-electron chi connectivity index (χ4n) is 4.94. The van der Waals surface area contributed by atoms with Crippen LogP contribution in [0, 0.1) is 10.8 Å². The topological polar surface area (TPSA) is 24.3 Å². The Bertz CT molecular complexity index is 650. The predicted octanol–water partition coefficient (Wildman–Crippen LogP) is 5.09. The minimum Gasteiger partial charge on any atom is -0.356 e. The van der Waals surface area contributed by atoms with Crippen LogP contribution in [-0.2, 0) is 4.74 Å². The van der Waals surface area contributed by atoms with Gasteiger partial charge in [-0.15, -0.1) is 0 Å². The first-order valence-corrected chi connectivity index (χ1v) is 10.3. The van der Waals surface area contributed by atoms with Crippen LogP contribution in [0.25, 0.3) is 0 Å². The molecule has 0 aliphatic heterocycles. The van der Waals surface area contributed by atoms with Gasteiger partial charge in [-0.05, 0) is 36.3 Å². The van der Waals surface area contributed by atoms with Gasteiger partial charge in [0.25, 0.3) is 0 Å². The Morgan fingerprint density at radius 3 is 2.11 bits per heavy atom. The molecule has 1 N–H and O–H groups in total. The number of nitrogens with one attached hydrogen (secondary N) is 1. The number of nitrogens with zero attached hydrogens (tertiary/aromatic N) is 1. The van der Waals surface area contributed by atoms with Gasteiger partial charge in [-0.3, -0.25) is 5.32 Å². The van der Waals surface area contributed by atoms with Crippen LogP contribution in [0.1, 0.15) is 66.7 Å². The predicted molar refractivity (Wildman–Crippen MR) is 116 cm³/mol. The molecular weight excluding hydrogens is 332 g/mol. The summed E-state index contributed by atoms with van der Waals surface area (Å²) in [6, 6.07) is 0.487. The first-order valence-electron chi connectivity index (χ1n) is 10.3. The molecular formula is C24H41N2O+. The summed E-state index contributed by atoms with van der Waals surface area (Å²) in [6.45, 7) is 24.0. The van der Waals surface area contributed by atoms with Crippen LogP contribution >= 0.6 is 0 Å². The van der Waals surface area contributed by atoms with Crippen molar-refractivity contribution in [1.29, 1.82) is 0 Å². The zero-order valence-corrected chi connectivity index (χ0v) is 18.7. The normalized spacial score (nSPS) is 34.6. The maximum Gasteiger partial charge on any atom is 0.215 e. The second-order valence-electron chi connectivity index (χ2n) is 9.89. The molecule has 0 amide bonds. The Morgan fingerprint density at radius 1 is 1.11 bits per heavy atom. The van der Waals surface area contributed by atoms with E-state index in [0.29, 0.717) is 6.04 Å². The van der Waals surface area contributed by atoms with Crippen molar-refractivity contribution in [2.45, 2.75) is 84.0 Å². The van der Waals surface area contributed by atoms with Gasteiger partial charge in [0.2, 0.25) is 11.3 Å². The van der Waals surface area contributed by atoms with E-state index in [9.17, 15) is 0 Å². The van der Waals surface area contributed by atoms with Gasteiger partial charge in [-0.2, -0.15) is 0 Å². The van der Waals surface area contributed by atoms with E-state index in [1.807, 2.05) is 18.7 Å². The van der Waals surface area contributed by atoms with Gasteiger partial charge >= 0.3 is 0 Å². The summed E-state index contributed by atoms with van der Waals surface area (Å²) in [5.41, 5.74) is 1.14. The van der Waals surface area contributed by atoms with Gasteiger partial charge in [0.05, 0.1) is 0 Å². The number of ether oxygens (including phenoxy) is 1. The van der Waals surface area contributed by atoms with Crippen molar-refractivity contribution in [2.24, 2.45) is 10.8 Å². The Kier molecular flexibility index (Phi) is 6.00. The number of rotatable bonds is 7. The van der Waals surface area contributed by atoms with Crippen molar-refractivity contribution >= 4 is 6.72 Å². The lowest BCUT2D eigenvalue weighted by atomic mass is 9.85. The monoisotopic (exact) mass is 373 g/mol. The fraction of sp³-hybridized carbons (Fsp3) is 0.708. The summed E-state index contributed by atoms with van der Waals surface area (Å²) >= 11 is 0. The first-order chi connectivity index (χ1) is 12.4. The van der Waals surface area contributed by atoms with Crippen molar-refractivity contribution in [3.05, 3.63) is 36.5 Å². The van der Waals surface area contributed by atoms with Gasteiger partial charge in [0.1, 0.15) is 19.2 Å². The van der Waals surface area contributed by atoms with Crippen LogP contribution in [-0.4, -0.2) is 42.8 Å². The van der Waals surface area contributed by atoms with E-state index in [-0.39, 0.29) is 16.4 Å². The molecule has 0 radical (unpaired) electrons. The summed E-state index contributed by atoms with van der Waals surface area (Å²) in [7, 11) is 3.85. The van der Waals surface area contributed by atoms with Gasteiger partial charge in [0.15, 0.2) is 0 Å². The van der Waals surface area contributed by atoms with Crippen LogP contribution in [0.3, 0.4) is 0 Å². The largest absolute Gasteiger partial charge is 0.356 e. The molecule has 0 heterocycles. The van der Waals surface area contributed by atoms with Gasteiger partial charge in [-0.1, -0.05) is 65.3 Å². The van der Waals surface area contributed by atoms with Crippen molar-refractivity contribution in [3.8, 4) is 0 Å². The molecule has 3 nitrogen and oxygen atoms in total. The van der Waals surface area contributed by atoms with Crippen molar-refractivity contribution in [2.75, 3.05) is 14.2 Å². The molecule has 3 unspecified atom stereocenters. The van der Waals surface area contributed by atoms with Gasteiger partial charge < -0.3 is 4.74 Å². The Labute approximate surface area is 167 Å². The number of allylic oxidation sites excluding steroid dienone is 3. The van der Waals surface area contributed by atoms with Crippen molar-refractivity contribution in [1.82, 2.24) is 5.32 Å². The summed E-state index contributed by atoms with van der Waals surface area (Å²) in [4.78, 5) is 0. The van der Waals surface area contributed by atoms with Crippen LogP contribution in [0.2, 0.25) is 0 Å². The second kappa shape index (κ2) is 7.33. The quantitative estimate of drug-likeness (QED) is 0.291. The lowest BCUT2D eigenvalue weighted by Gasteiger charge is -2.30. The molecule has 0 aromatic rings. The summed E-state index contributed by atoms with van der Waals surface area (Å²) in [5, 5.41) is 3.90. The van der Waals surface area contributed by atoms with Crippen molar-refractivity contribution in [3.63, 3.8) is 0 Å². The Morgan fingerprint density at radius 2 is 1.67 bits per heavy atom. The molecule has 152 valence electrons. The third-order valence-corrected chi connectivity index (χ3v) is 7.47. The molecule has 27 heavy (non-hydrogen) atoms.